The zero-order valence-electron chi connectivity index (χ0n) is 25.3. The van der Waals surface area contributed by atoms with Crippen molar-refractivity contribution in [3.8, 4) is 22.6 Å². The highest BCUT2D eigenvalue weighted by Crippen LogP contribution is 2.45. The Labute approximate surface area is 269 Å². The second-order valence-electron chi connectivity index (χ2n) is 12.1. The van der Waals surface area contributed by atoms with Crippen LogP contribution in [0.5, 0.6) is 5.75 Å². The van der Waals surface area contributed by atoms with E-state index in [1.165, 1.54) is 22.8 Å². The number of hydrogen-bond acceptors (Lipinski definition) is 5. The van der Waals surface area contributed by atoms with Gasteiger partial charge in [-0.2, -0.15) is 0 Å². The van der Waals surface area contributed by atoms with E-state index in [0.717, 1.165) is 6.07 Å². The van der Waals surface area contributed by atoms with Crippen molar-refractivity contribution in [2.45, 2.75) is 58.5 Å². The van der Waals surface area contributed by atoms with E-state index in [2.05, 4.69) is 11.6 Å². The van der Waals surface area contributed by atoms with Crippen LogP contribution in [-0.2, 0) is 11.2 Å². The lowest BCUT2D eigenvalue weighted by atomic mass is 9.89. The second-order valence-corrected chi connectivity index (χ2v) is 12.9. The Morgan fingerprint density at radius 2 is 1.91 bits per heavy atom. The zero-order valence-corrected chi connectivity index (χ0v) is 26.8. The summed E-state index contributed by atoms with van der Waals surface area (Å²) in [5.41, 5.74) is 1.37. The predicted molar refractivity (Wildman–Crippen MR) is 174 cm³/mol. The normalized spacial score (nSPS) is 17.9. The number of aromatic hydroxyl groups is 1. The van der Waals surface area contributed by atoms with Gasteiger partial charge in [-0.25, -0.2) is 8.78 Å². The fourth-order valence-corrected chi connectivity index (χ4v) is 7.27. The Kier molecular flexibility index (Phi) is 7.90. The molecule has 4 heterocycles. The van der Waals surface area contributed by atoms with Crippen molar-refractivity contribution in [1.82, 2.24) is 14.5 Å². The molecular formula is C34H32Cl2F2N4O3. The first kappa shape index (κ1) is 31.0. The van der Waals surface area contributed by atoms with Crippen LogP contribution in [0.1, 0.15) is 49.9 Å². The van der Waals surface area contributed by atoms with Crippen molar-refractivity contribution in [2.75, 3.05) is 18.0 Å². The van der Waals surface area contributed by atoms with E-state index in [0.29, 0.717) is 54.1 Å². The molecule has 45 heavy (non-hydrogen) atoms. The highest BCUT2D eigenvalue weighted by atomic mass is 35.5. The average Bonchev–Trinajstić information content (AvgIpc) is 2.99. The van der Waals surface area contributed by atoms with Crippen molar-refractivity contribution in [3.05, 3.63) is 92.0 Å². The molecule has 0 spiro atoms. The number of amides is 1. The Hall–Kier alpha value is -3.95. The summed E-state index contributed by atoms with van der Waals surface area (Å²) < 4.78 is 34.9. The summed E-state index contributed by atoms with van der Waals surface area (Å²) in [4.78, 5) is 35.6. The minimum absolute atomic E-state index is 0.0811. The number of halogens is 4. The standard InChI is InChI=1S/C34H32Cl2F2N4O3/c1-6-26(44)40-15-19-7-8-21-32(41(19)14-18(40)5)23-13-25(37)27(22-11-20(43)12-24(35)28(22)36)29(38)33(23)42(34(21)45)31-17(4)9-10-39-30(31)16(2)3/h6,9-13,16,18-19,43H,1,7-8,14-15H2,2-5H3. The van der Waals surface area contributed by atoms with E-state index in [1.54, 1.807) is 17.2 Å². The SMILES string of the molecule is C=CC(=O)N1CC2CCc3c(c4cc(F)c(-c5cc(O)cc(Cl)c5Cl)c(F)c4n(-c4c(C)ccnc4C(C)C)c3=O)N2CC1C. The van der Waals surface area contributed by atoms with Crippen LogP contribution in [-0.4, -0.2) is 50.6 Å². The van der Waals surface area contributed by atoms with Gasteiger partial charge >= 0.3 is 0 Å². The molecular weight excluding hydrogens is 621 g/mol. The van der Waals surface area contributed by atoms with Crippen LogP contribution in [0, 0.1) is 18.6 Å². The van der Waals surface area contributed by atoms with Crippen LogP contribution in [0.4, 0.5) is 14.5 Å². The van der Waals surface area contributed by atoms with E-state index in [1.807, 2.05) is 32.6 Å². The van der Waals surface area contributed by atoms with Crippen molar-refractivity contribution < 1.29 is 18.7 Å². The molecule has 0 aliphatic carbocycles. The maximum Gasteiger partial charge on any atom is 0.261 e. The monoisotopic (exact) mass is 652 g/mol. The molecule has 6 rings (SSSR count). The molecule has 1 fully saturated rings. The summed E-state index contributed by atoms with van der Waals surface area (Å²) in [5, 5.41) is 10.3. The third-order valence-corrected chi connectivity index (χ3v) is 9.74. The van der Waals surface area contributed by atoms with Gasteiger partial charge < -0.3 is 14.9 Å². The number of aromatic nitrogens is 2. The number of carbonyl (C=O) groups is 1. The number of phenols is 1. The molecule has 2 aliphatic heterocycles. The minimum atomic E-state index is -1.03. The first-order valence-electron chi connectivity index (χ1n) is 14.8. The Morgan fingerprint density at radius 3 is 2.60 bits per heavy atom. The summed E-state index contributed by atoms with van der Waals surface area (Å²) in [6, 6.07) is 4.89. The largest absolute Gasteiger partial charge is 0.508 e. The average molecular weight is 654 g/mol. The van der Waals surface area contributed by atoms with Gasteiger partial charge in [-0.05, 0) is 62.4 Å². The number of nitrogens with zero attached hydrogens (tertiary/aromatic N) is 4. The summed E-state index contributed by atoms with van der Waals surface area (Å²) in [6.07, 6.45) is 3.85. The van der Waals surface area contributed by atoms with E-state index in [4.69, 9.17) is 23.2 Å². The van der Waals surface area contributed by atoms with Crippen molar-refractivity contribution >= 4 is 45.7 Å². The van der Waals surface area contributed by atoms with Crippen LogP contribution in [0.15, 0.2) is 47.9 Å². The lowest BCUT2D eigenvalue weighted by Crippen LogP contribution is -2.60. The fourth-order valence-electron chi connectivity index (χ4n) is 6.86. The summed E-state index contributed by atoms with van der Waals surface area (Å²) >= 11 is 12.7. The minimum Gasteiger partial charge on any atom is -0.508 e. The molecule has 1 N–H and O–H groups in total. The van der Waals surface area contributed by atoms with Gasteiger partial charge in [0, 0.05) is 53.9 Å². The van der Waals surface area contributed by atoms with E-state index >= 15 is 8.78 Å². The van der Waals surface area contributed by atoms with Gasteiger partial charge in [0.15, 0.2) is 5.82 Å². The fraction of sp³-hybridized carbons (Fsp3) is 0.324. The summed E-state index contributed by atoms with van der Waals surface area (Å²) in [6.45, 7) is 12.0. The molecule has 2 atom stereocenters. The first-order chi connectivity index (χ1) is 21.3. The highest BCUT2D eigenvalue weighted by molar-refractivity contribution is 6.44. The smallest absolute Gasteiger partial charge is 0.261 e. The van der Waals surface area contributed by atoms with Gasteiger partial charge in [-0.3, -0.25) is 19.1 Å². The first-order valence-corrected chi connectivity index (χ1v) is 15.5. The Morgan fingerprint density at radius 1 is 1.18 bits per heavy atom. The topological polar surface area (TPSA) is 78.7 Å². The zero-order chi connectivity index (χ0) is 32.5. The molecule has 4 aromatic rings. The quantitative estimate of drug-likeness (QED) is 0.234. The molecule has 2 aliphatic rings. The molecule has 234 valence electrons. The Bertz CT molecular complexity index is 1980. The van der Waals surface area contributed by atoms with Crippen molar-refractivity contribution in [2.24, 2.45) is 0 Å². The summed E-state index contributed by atoms with van der Waals surface area (Å²) in [7, 11) is 0. The van der Waals surface area contributed by atoms with E-state index < -0.39 is 22.8 Å². The number of phenolic OH excluding ortho intramolecular Hbond substituents is 1. The molecule has 0 bridgehead atoms. The number of pyridine rings is 2. The molecule has 2 unspecified atom stereocenters. The van der Waals surface area contributed by atoms with Crippen LogP contribution in [0.2, 0.25) is 10.0 Å². The number of rotatable bonds is 4. The molecule has 2 aromatic carbocycles. The molecule has 1 amide bonds. The number of benzene rings is 2. The van der Waals surface area contributed by atoms with Gasteiger partial charge in [0.05, 0.1) is 38.2 Å². The number of hydrogen-bond donors (Lipinski definition) is 1. The lowest BCUT2D eigenvalue weighted by Gasteiger charge is -2.49. The predicted octanol–water partition coefficient (Wildman–Crippen LogP) is 7.31. The van der Waals surface area contributed by atoms with Gasteiger partial charge in [-0.15, -0.1) is 0 Å². The maximum atomic E-state index is 17.2. The molecule has 0 radical (unpaired) electrons. The van der Waals surface area contributed by atoms with Crippen LogP contribution < -0.4 is 10.5 Å². The van der Waals surface area contributed by atoms with Crippen LogP contribution in [0.25, 0.3) is 27.7 Å². The van der Waals surface area contributed by atoms with Crippen molar-refractivity contribution in [3.63, 3.8) is 0 Å². The molecule has 7 nitrogen and oxygen atoms in total. The van der Waals surface area contributed by atoms with Gasteiger partial charge in [0.1, 0.15) is 11.6 Å². The Balaban J connectivity index is 1.75. The molecule has 1 saturated heterocycles. The number of aryl methyl sites for hydroxylation is 1. The third-order valence-electron chi connectivity index (χ3n) is 8.94. The number of fused-ring (bicyclic) bond motifs is 5. The third kappa shape index (κ3) is 4.88. The number of piperazine rings is 1. The second kappa shape index (κ2) is 11.4. The van der Waals surface area contributed by atoms with Gasteiger partial charge in [0.25, 0.3) is 5.56 Å². The molecule has 11 heteroatoms. The maximum absolute atomic E-state index is 17.2. The number of carbonyl (C=O) groups excluding carboxylic acids is 1. The van der Waals surface area contributed by atoms with Crippen molar-refractivity contribution in [1.29, 1.82) is 0 Å². The summed E-state index contributed by atoms with van der Waals surface area (Å²) in [5.74, 6) is -2.60. The van der Waals surface area contributed by atoms with E-state index in [9.17, 15) is 14.7 Å². The van der Waals surface area contributed by atoms with Crippen LogP contribution >= 0.6 is 23.2 Å². The highest BCUT2D eigenvalue weighted by Gasteiger charge is 2.40. The van der Waals surface area contributed by atoms with Gasteiger partial charge in [-0.1, -0.05) is 43.6 Å². The lowest BCUT2D eigenvalue weighted by molar-refractivity contribution is -0.129. The molecule has 2 aromatic heterocycles. The van der Waals surface area contributed by atoms with E-state index in [-0.39, 0.29) is 56.2 Å². The van der Waals surface area contributed by atoms with Crippen LogP contribution in [0.3, 0.4) is 0 Å². The van der Waals surface area contributed by atoms with Gasteiger partial charge in [0.2, 0.25) is 5.91 Å². The number of anilines is 1. The molecule has 0 saturated carbocycles.